The van der Waals surface area contributed by atoms with Crippen molar-refractivity contribution in [1.29, 1.82) is 0 Å². The van der Waals surface area contributed by atoms with Gasteiger partial charge in [0.15, 0.2) is 11.8 Å². The highest BCUT2D eigenvalue weighted by atomic mass is 127. The molecule has 2 aliphatic carbocycles. The molecular formula is C20H37IN6O. The first-order valence-electron chi connectivity index (χ1n) is 10.6. The van der Waals surface area contributed by atoms with Crippen LogP contribution in [0.5, 0.6) is 0 Å². The van der Waals surface area contributed by atoms with Crippen LogP contribution in [0.15, 0.2) is 4.99 Å². The average Bonchev–Trinajstić information content (AvgIpc) is 3.30. The molecule has 0 aliphatic heterocycles. The second-order valence-electron chi connectivity index (χ2n) is 8.40. The average molecular weight is 504 g/mol. The number of rotatable bonds is 7. The van der Waals surface area contributed by atoms with Gasteiger partial charge in [-0.3, -0.25) is 0 Å². The zero-order valence-electron chi connectivity index (χ0n) is 17.4. The molecule has 0 aromatic carbocycles. The lowest BCUT2D eigenvalue weighted by atomic mass is 9.72. The molecule has 0 spiro atoms. The first-order chi connectivity index (χ1) is 13.1. The molecule has 1 heterocycles. The van der Waals surface area contributed by atoms with E-state index in [1.165, 1.54) is 57.8 Å². The minimum atomic E-state index is 0. The van der Waals surface area contributed by atoms with Crippen molar-refractivity contribution < 1.29 is 5.11 Å². The van der Waals surface area contributed by atoms with Gasteiger partial charge in [0.2, 0.25) is 0 Å². The molecule has 0 amide bonds. The van der Waals surface area contributed by atoms with Gasteiger partial charge in [-0.05, 0) is 44.4 Å². The Balaban J connectivity index is 0.00000280. The van der Waals surface area contributed by atoms with E-state index in [9.17, 15) is 5.11 Å². The molecule has 0 unspecified atom stereocenters. The fraction of sp³-hybridized carbons (Fsp3) is 0.850. The van der Waals surface area contributed by atoms with Crippen molar-refractivity contribution in [2.24, 2.45) is 17.5 Å². The van der Waals surface area contributed by atoms with Crippen LogP contribution in [0, 0.1) is 12.3 Å². The Morgan fingerprint density at radius 2 is 1.89 bits per heavy atom. The van der Waals surface area contributed by atoms with E-state index in [1.807, 2.05) is 18.5 Å². The van der Waals surface area contributed by atoms with Gasteiger partial charge in [-0.1, -0.05) is 32.1 Å². The molecule has 1 aromatic heterocycles. The number of aliphatic hydroxyl groups is 1. The summed E-state index contributed by atoms with van der Waals surface area (Å²) in [5, 5.41) is 25.2. The zero-order valence-corrected chi connectivity index (χ0v) is 19.7. The van der Waals surface area contributed by atoms with Gasteiger partial charge < -0.3 is 20.3 Å². The number of hydrogen-bond acceptors (Lipinski definition) is 4. The summed E-state index contributed by atoms with van der Waals surface area (Å²) in [6, 6.07) is 0.512. The molecule has 7 nitrogen and oxygen atoms in total. The molecule has 8 heteroatoms. The van der Waals surface area contributed by atoms with Crippen molar-refractivity contribution >= 4 is 29.9 Å². The van der Waals surface area contributed by atoms with E-state index in [2.05, 4.69) is 20.8 Å². The largest absolute Gasteiger partial charge is 0.396 e. The summed E-state index contributed by atoms with van der Waals surface area (Å²) >= 11 is 0. The number of guanidine groups is 1. The van der Waals surface area contributed by atoms with Crippen molar-refractivity contribution in [2.45, 2.75) is 83.7 Å². The summed E-state index contributed by atoms with van der Waals surface area (Å²) in [5.74, 6) is 2.66. The maximum absolute atomic E-state index is 9.57. The zero-order chi connectivity index (χ0) is 19.1. The Hall–Kier alpha value is -0.900. The van der Waals surface area contributed by atoms with Crippen LogP contribution in [0.3, 0.4) is 0 Å². The number of aryl methyl sites for hydroxylation is 1. The van der Waals surface area contributed by atoms with Gasteiger partial charge in [0.05, 0.1) is 0 Å². The first-order valence-corrected chi connectivity index (χ1v) is 10.6. The van der Waals surface area contributed by atoms with E-state index in [1.54, 1.807) is 0 Å². The molecule has 160 valence electrons. The van der Waals surface area contributed by atoms with Crippen molar-refractivity contribution in [3.8, 4) is 0 Å². The molecule has 2 aliphatic rings. The molecule has 0 saturated heterocycles. The number of nitrogens with zero attached hydrogens (tertiary/aromatic N) is 4. The first kappa shape index (κ1) is 23.4. The van der Waals surface area contributed by atoms with Gasteiger partial charge in [0, 0.05) is 26.2 Å². The Bertz CT molecular complexity index is 615. The van der Waals surface area contributed by atoms with Crippen LogP contribution in [-0.2, 0) is 13.6 Å². The Morgan fingerprint density at radius 3 is 2.50 bits per heavy atom. The number of aliphatic imine (C=N–C) groups is 1. The van der Waals surface area contributed by atoms with Crippen molar-refractivity contribution in [3.05, 3.63) is 11.6 Å². The molecule has 3 rings (SSSR count). The monoisotopic (exact) mass is 504 g/mol. The van der Waals surface area contributed by atoms with Crippen molar-refractivity contribution in [3.63, 3.8) is 0 Å². The summed E-state index contributed by atoms with van der Waals surface area (Å²) in [6.07, 6.45) is 12.1. The smallest absolute Gasteiger partial charge is 0.191 e. The maximum atomic E-state index is 9.57. The molecule has 0 bridgehead atoms. The highest BCUT2D eigenvalue weighted by Gasteiger charge is 2.31. The molecule has 1 aromatic rings. The normalized spacial score (nSPS) is 20.0. The van der Waals surface area contributed by atoms with Gasteiger partial charge in [-0.2, -0.15) is 0 Å². The number of hydrogen-bond donors (Lipinski definition) is 3. The Labute approximate surface area is 186 Å². The summed E-state index contributed by atoms with van der Waals surface area (Å²) in [7, 11) is 1.98. The van der Waals surface area contributed by atoms with Crippen LogP contribution in [0.1, 0.15) is 75.9 Å². The predicted octanol–water partition coefficient (Wildman–Crippen LogP) is 3.05. The summed E-state index contributed by atoms with van der Waals surface area (Å²) in [5.41, 5.74) is 0.201. The quantitative estimate of drug-likeness (QED) is 0.302. The highest BCUT2D eigenvalue weighted by molar-refractivity contribution is 14.0. The van der Waals surface area contributed by atoms with E-state index in [0.717, 1.165) is 30.6 Å². The number of aromatic nitrogens is 3. The van der Waals surface area contributed by atoms with Crippen LogP contribution >= 0.6 is 24.0 Å². The molecule has 3 N–H and O–H groups in total. The molecule has 2 fully saturated rings. The lowest BCUT2D eigenvalue weighted by molar-refractivity contribution is 0.131. The minimum Gasteiger partial charge on any atom is -0.396 e. The second-order valence-corrected chi connectivity index (χ2v) is 8.40. The fourth-order valence-electron chi connectivity index (χ4n) is 4.48. The Kier molecular flexibility index (Phi) is 9.46. The van der Waals surface area contributed by atoms with E-state index < -0.39 is 0 Å². The van der Waals surface area contributed by atoms with E-state index in [0.29, 0.717) is 12.6 Å². The number of aliphatic hydroxyl groups excluding tert-OH is 1. The van der Waals surface area contributed by atoms with Crippen molar-refractivity contribution in [2.75, 3.05) is 13.2 Å². The van der Waals surface area contributed by atoms with Crippen LogP contribution in [0.4, 0.5) is 0 Å². The highest BCUT2D eigenvalue weighted by Crippen LogP contribution is 2.38. The van der Waals surface area contributed by atoms with E-state index >= 15 is 0 Å². The number of halogens is 1. The summed E-state index contributed by atoms with van der Waals surface area (Å²) in [6.45, 7) is 3.62. The molecule has 2 saturated carbocycles. The molecule has 0 atom stereocenters. The molecular weight excluding hydrogens is 467 g/mol. The van der Waals surface area contributed by atoms with E-state index in [-0.39, 0.29) is 36.0 Å². The van der Waals surface area contributed by atoms with Gasteiger partial charge >= 0.3 is 0 Å². The predicted molar refractivity (Wildman–Crippen MR) is 123 cm³/mol. The molecule has 28 heavy (non-hydrogen) atoms. The second kappa shape index (κ2) is 11.3. The summed E-state index contributed by atoms with van der Waals surface area (Å²) < 4.78 is 1.99. The van der Waals surface area contributed by atoms with Crippen LogP contribution in [0.25, 0.3) is 0 Å². The maximum Gasteiger partial charge on any atom is 0.191 e. The van der Waals surface area contributed by atoms with Crippen LogP contribution in [-0.4, -0.2) is 45.0 Å². The lowest BCUT2D eigenvalue weighted by Gasteiger charge is -2.37. The minimum absolute atomic E-state index is 0. The third kappa shape index (κ3) is 6.30. The standard InChI is InChI=1S/C20H36N6O.HI/c1-16-24-25-18(26(16)2)14-21-19(23-17-8-4-5-9-17)22-15-20(12-13-27)10-6-3-7-11-20;/h17,27H,3-15H2,1-2H3,(H2,21,22,23);1H. The van der Waals surface area contributed by atoms with Gasteiger partial charge in [0.25, 0.3) is 0 Å². The van der Waals surface area contributed by atoms with Gasteiger partial charge in [-0.25, -0.2) is 4.99 Å². The van der Waals surface area contributed by atoms with Gasteiger partial charge in [0.1, 0.15) is 12.4 Å². The number of nitrogens with one attached hydrogen (secondary N) is 2. The van der Waals surface area contributed by atoms with Crippen LogP contribution < -0.4 is 10.6 Å². The SMILES string of the molecule is Cc1nnc(CN=C(NCC2(CCO)CCCCC2)NC2CCCC2)n1C.I. The molecule has 0 radical (unpaired) electrons. The van der Waals surface area contributed by atoms with E-state index in [4.69, 9.17) is 4.99 Å². The van der Waals surface area contributed by atoms with Crippen molar-refractivity contribution in [1.82, 2.24) is 25.4 Å². The van der Waals surface area contributed by atoms with Gasteiger partial charge in [-0.15, -0.1) is 34.2 Å². The third-order valence-electron chi connectivity index (χ3n) is 6.44. The van der Waals surface area contributed by atoms with Crippen LogP contribution in [0.2, 0.25) is 0 Å². The topological polar surface area (TPSA) is 87.4 Å². The fourth-order valence-corrected chi connectivity index (χ4v) is 4.48. The third-order valence-corrected chi connectivity index (χ3v) is 6.44. The summed E-state index contributed by atoms with van der Waals surface area (Å²) in [4.78, 5) is 4.82. The lowest BCUT2D eigenvalue weighted by Crippen LogP contribution is -2.47. The Morgan fingerprint density at radius 1 is 1.18 bits per heavy atom.